The van der Waals surface area contributed by atoms with Crippen molar-refractivity contribution in [2.24, 2.45) is 0 Å². The van der Waals surface area contributed by atoms with Crippen molar-refractivity contribution in [1.82, 2.24) is 9.80 Å². The van der Waals surface area contributed by atoms with E-state index in [4.69, 9.17) is 17.3 Å². The van der Waals surface area contributed by atoms with Crippen LogP contribution in [0.5, 0.6) is 0 Å². The fourth-order valence-corrected chi connectivity index (χ4v) is 3.76. The highest BCUT2D eigenvalue weighted by Crippen LogP contribution is 2.23. The third kappa shape index (κ3) is 3.43. The Morgan fingerprint density at radius 3 is 2.50 bits per heavy atom. The minimum atomic E-state index is 0.0249. The molecule has 1 aliphatic heterocycles. The van der Waals surface area contributed by atoms with E-state index in [1.54, 1.807) is 23.5 Å². The van der Waals surface area contributed by atoms with Crippen molar-refractivity contribution < 1.29 is 4.79 Å². The van der Waals surface area contributed by atoms with Crippen molar-refractivity contribution in [3.8, 4) is 0 Å². The molecule has 0 unspecified atom stereocenters. The second kappa shape index (κ2) is 6.69. The first kappa shape index (κ1) is 15.3. The Labute approximate surface area is 139 Å². The third-order valence-electron chi connectivity index (χ3n) is 3.86. The zero-order chi connectivity index (χ0) is 15.5. The molecule has 2 aromatic rings. The van der Waals surface area contributed by atoms with E-state index in [0.717, 1.165) is 37.1 Å². The van der Waals surface area contributed by atoms with Gasteiger partial charge in [-0.3, -0.25) is 9.69 Å². The Kier molecular flexibility index (Phi) is 4.66. The maximum Gasteiger partial charge on any atom is 0.256 e. The summed E-state index contributed by atoms with van der Waals surface area (Å²) in [5, 5.41) is 0. The van der Waals surface area contributed by atoms with Gasteiger partial charge in [0.15, 0.2) is 0 Å². The molecule has 4 nitrogen and oxygen atoms in total. The maximum absolute atomic E-state index is 12.5. The molecule has 1 aliphatic rings. The first-order valence-electron chi connectivity index (χ1n) is 7.24. The first-order valence-corrected chi connectivity index (χ1v) is 8.43. The molecule has 22 heavy (non-hydrogen) atoms. The Hall–Kier alpha value is -1.56. The van der Waals surface area contributed by atoms with Crippen LogP contribution in [0.1, 0.15) is 15.2 Å². The predicted molar refractivity (Wildman–Crippen MR) is 91.4 cm³/mol. The van der Waals surface area contributed by atoms with Crippen LogP contribution < -0.4 is 5.73 Å². The summed E-state index contributed by atoms with van der Waals surface area (Å²) in [4.78, 5) is 18.0. The number of thiophene rings is 1. The maximum atomic E-state index is 12.5. The molecule has 6 heteroatoms. The second-order valence-corrected chi connectivity index (χ2v) is 7.16. The topological polar surface area (TPSA) is 49.6 Å². The van der Waals surface area contributed by atoms with E-state index in [2.05, 4.69) is 11.0 Å². The Morgan fingerprint density at radius 1 is 1.14 bits per heavy atom. The molecule has 2 heterocycles. The van der Waals surface area contributed by atoms with E-state index in [-0.39, 0.29) is 5.91 Å². The lowest BCUT2D eigenvalue weighted by Gasteiger charge is -2.34. The molecule has 1 aromatic heterocycles. The van der Waals surface area contributed by atoms with Crippen molar-refractivity contribution in [2.45, 2.75) is 6.54 Å². The van der Waals surface area contributed by atoms with Crippen LogP contribution in [-0.4, -0.2) is 41.9 Å². The van der Waals surface area contributed by atoms with Crippen molar-refractivity contribution in [3.05, 3.63) is 51.2 Å². The van der Waals surface area contributed by atoms with Gasteiger partial charge in [-0.2, -0.15) is 0 Å². The van der Waals surface area contributed by atoms with Crippen molar-refractivity contribution in [1.29, 1.82) is 0 Å². The number of amides is 1. The first-order chi connectivity index (χ1) is 10.6. The molecule has 0 spiro atoms. The molecule has 0 bridgehead atoms. The Balaban J connectivity index is 1.57. The van der Waals surface area contributed by atoms with Gasteiger partial charge in [0.25, 0.3) is 5.91 Å². The minimum Gasteiger partial charge on any atom is -0.398 e. The summed E-state index contributed by atoms with van der Waals surface area (Å²) in [6, 6.07) is 11.2. The van der Waals surface area contributed by atoms with Crippen LogP contribution in [0.4, 0.5) is 5.69 Å². The summed E-state index contributed by atoms with van der Waals surface area (Å²) in [5.41, 5.74) is 7.03. The van der Waals surface area contributed by atoms with E-state index in [1.165, 1.54) is 4.88 Å². The van der Waals surface area contributed by atoms with Crippen LogP contribution in [-0.2, 0) is 6.54 Å². The molecule has 2 N–H and O–H groups in total. The molecule has 116 valence electrons. The van der Waals surface area contributed by atoms with E-state index in [9.17, 15) is 4.79 Å². The SMILES string of the molecule is Nc1ccccc1C(=O)N1CCN(Cc2ccc(Cl)s2)CC1. The predicted octanol–water partition coefficient (Wildman–Crippen LogP) is 2.94. The molecule has 1 saturated heterocycles. The number of benzene rings is 1. The van der Waals surface area contributed by atoms with Gasteiger partial charge >= 0.3 is 0 Å². The van der Waals surface area contributed by atoms with Crippen LogP contribution in [0.15, 0.2) is 36.4 Å². The van der Waals surface area contributed by atoms with Gasteiger partial charge in [0.2, 0.25) is 0 Å². The normalized spacial score (nSPS) is 16.0. The zero-order valence-electron chi connectivity index (χ0n) is 12.2. The Morgan fingerprint density at radius 2 is 1.86 bits per heavy atom. The summed E-state index contributed by atoms with van der Waals surface area (Å²) >= 11 is 7.57. The lowest BCUT2D eigenvalue weighted by Crippen LogP contribution is -2.48. The van der Waals surface area contributed by atoms with Crippen LogP contribution in [0.2, 0.25) is 4.34 Å². The number of hydrogen-bond donors (Lipinski definition) is 1. The van der Waals surface area contributed by atoms with Gasteiger partial charge in [0.1, 0.15) is 0 Å². The van der Waals surface area contributed by atoms with Gasteiger partial charge < -0.3 is 10.6 Å². The fraction of sp³-hybridized carbons (Fsp3) is 0.312. The molecule has 1 fully saturated rings. The van der Waals surface area contributed by atoms with E-state index < -0.39 is 0 Å². The van der Waals surface area contributed by atoms with Crippen molar-refractivity contribution >= 4 is 34.5 Å². The largest absolute Gasteiger partial charge is 0.398 e. The number of nitrogen functional groups attached to an aromatic ring is 1. The monoisotopic (exact) mass is 335 g/mol. The average Bonchev–Trinajstić information content (AvgIpc) is 2.93. The summed E-state index contributed by atoms with van der Waals surface area (Å²) < 4.78 is 0.823. The van der Waals surface area contributed by atoms with Gasteiger partial charge in [-0.1, -0.05) is 23.7 Å². The smallest absolute Gasteiger partial charge is 0.256 e. The van der Waals surface area contributed by atoms with Crippen molar-refractivity contribution in [3.63, 3.8) is 0 Å². The molecule has 0 atom stereocenters. The van der Waals surface area contributed by atoms with E-state index in [1.807, 2.05) is 23.1 Å². The van der Waals surface area contributed by atoms with Gasteiger partial charge in [-0.15, -0.1) is 11.3 Å². The fourth-order valence-electron chi connectivity index (χ4n) is 2.63. The van der Waals surface area contributed by atoms with Gasteiger partial charge in [-0.25, -0.2) is 0 Å². The standard InChI is InChI=1S/C16H18ClN3OS/c17-15-6-5-12(22-15)11-19-7-9-20(10-8-19)16(21)13-3-1-2-4-14(13)18/h1-6H,7-11,18H2. The number of nitrogens with zero attached hydrogens (tertiary/aromatic N) is 2. The van der Waals surface area contributed by atoms with Crippen molar-refractivity contribution in [2.75, 3.05) is 31.9 Å². The number of rotatable bonds is 3. The molecule has 3 rings (SSSR count). The van der Waals surface area contributed by atoms with Crippen LogP contribution in [0.25, 0.3) is 0 Å². The summed E-state index contributed by atoms with van der Waals surface area (Å²) in [5.74, 6) is 0.0249. The molecule has 1 aromatic carbocycles. The third-order valence-corrected chi connectivity index (χ3v) is 5.07. The highest BCUT2D eigenvalue weighted by Gasteiger charge is 2.23. The van der Waals surface area contributed by atoms with Crippen LogP contribution in [0, 0.1) is 0 Å². The average molecular weight is 336 g/mol. The highest BCUT2D eigenvalue weighted by molar-refractivity contribution is 7.16. The van der Waals surface area contributed by atoms with E-state index >= 15 is 0 Å². The second-order valence-electron chi connectivity index (χ2n) is 5.36. The zero-order valence-corrected chi connectivity index (χ0v) is 13.7. The summed E-state index contributed by atoms with van der Waals surface area (Å²) in [6.45, 7) is 4.09. The number of piperazine rings is 1. The minimum absolute atomic E-state index is 0.0249. The van der Waals surface area contributed by atoms with Gasteiger partial charge in [0.05, 0.1) is 9.90 Å². The molecule has 1 amide bonds. The molecular formula is C16H18ClN3OS. The number of carbonyl (C=O) groups excluding carboxylic acids is 1. The van der Waals surface area contributed by atoms with E-state index in [0.29, 0.717) is 11.3 Å². The lowest BCUT2D eigenvalue weighted by molar-refractivity contribution is 0.0630. The van der Waals surface area contributed by atoms with Crippen LogP contribution in [0.3, 0.4) is 0 Å². The Bertz CT molecular complexity index is 665. The number of hydrogen-bond acceptors (Lipinski definition) is 4. The molecule has 0 aliphatic carbocycles. The summed E-state index contributed by atoms with van der Waals surface area (Å²) in [6.07, 6.45) is 0. The number of carbonyl (C=O) groups is 1. The summed E-state index contributed by atoms with van der Waals surface area (Å²) in [7, 11) is 0. The molecular weight excluding hydrogens is 318 g/mol. The number of para-hydroxylation sites is 1. The lowest BCUT2D eigenvalue weighted by atomic mass is 10.1. The number of halogens is 1. The quantitative estimate of drug-likeness (QED) is 0.877. The van der Waals surface area contributed by atoms with Gasteiger partial charge in [-0.05, 0) is 24.3 Å². The highest BCUT2D eigenvalue weighted by atomic mass is 35.5. The molecule has 0 radical (unpaired) electrons. The number of nitrogens with two attached hydrogens (primary N) is 1. The molecule has 0 saturated carbocycles. The van der Waals surface area contributed by atoms with Gasteiger partial charge in [0, 0.05) is 43.3 Å². The number of anilines is 1. The van der Waals surface area contributed by atoms with Crippen LogP contribution >= 0.6 is 22.9 Å².